The van der Waals surface area contributed by atoms with Crippen molar-refractivity contribution < 1.29 is 79.5 Å². The second kappa shape index (κ2) is 17.6. The number of aliphatic hydroxyl groups is 10. The Morgan fingerprint density at radius 3 is 2.10 bits per heavy atom. The van der Waals surface area contributed by atoms with Crippen LogP contribution in [-0.2, 0) is 28.5 Å². The lowest BCUT2D eigenvalue weighted by Crippen LogP contribution is -2.71. The summed E-state index contributed by atoms with van der Waals surface area (Å²) < 4.78 is 30.4. The van der Waals surface area contributed by atoms with E-state index < -0.39 is 126 Å². The van der Waals surface area contributed by atoms with Gasteiger partial charge in [-0.05, 0) is 111 Å². The smallest absolute Gasteiger partial charge is 0.302 e. The summed E-state index contributed by atoms with van der Waals surface area (Å²) in [5.74, 6) is -1.52. The number of ether oxygens (including phenoxy) is 5. The number of esters is 1. The highest BCUT2D eigenvalue weighted by molar-refractivity contribution is 5.65. The van der Waals surface area contributed by atoms with Gasteiger partial charge >= 0.3 is 5.97 Å². The van der Waals surface area contributed by atoms with Gasteiger partial charge in [0.25, 0.3) is 0 Å². The first-order valence-corrected chi connectivity index (χ1v) is 22.0. The first kappa shape index (κ1) is 48.1. The summed E-state index contributed by atoms with van der Waals surface area (Å²) in [6.45, 7) is 14.4. The van der Waals surface area contributed by atoms with Gasteiger partial charge in [0.2, 0.25) is 0 Å². The van der Waals surface area contributed by atoms with Gasteiger partial charge in [0, 0.05) is 6.92 Å². The Morgan fingerprint density at radius 2 is 1.47 bits per heavy atom. The van der Waals surface area contributed by atoms with Crippen molar-refractivity contribution in [1.82, 2.24) is 0 Å². The van der Waals surface area contributed by atoms with Gasteiger partial charge in [-0.15, -0.1) is 0 Å². The molecule has 16 nitrogen and oxygen atoms in total. The number of fused-ring (bicyclic) bond motifs is 5. The Labute approximate surface area is 353 Å². The highest BCUT2D eigenvalue weighted by Crippen LogP contribution is 2.76. The molecule has 0 aromatic rings. The molecule has 6 rings (SSSR count). The van der Waals surface area contributed by atoms with Gasteiger partial charge in [-0.3, -0.25) is 4.79 Å². The molecule has 0 bridgehead atoms. The van der Waals surface area contributed by atoms with Crippen molar-refractivity contribution in [2.24, 2.45) is 45.3 Å². The van der Waals surface area contributed by atoms with Gasteiger partial charge in [0.15, 0.2) is 12.6 Å². The Bertz CT molecular complexity index is 1540. The molecule has 6 aliphatic rings. The van der Waals surface area contributed by atoms with Gasteiger partial charge < -0.3 is 74.7 Å². The molecular weight excluding hydrogens is 784 g/mol. The summed E-state index contributed by atoms with van der Waals surface area (Å²) in [6.07, 6.45) is -11.9. The van der Waals surface area contributed by atoms with E-state index in [9.17, 15) is 55.9 Å². The highest BCUT2D eigenvalue weighted by atomic mass is 16.8. The molecule has 0 spiro atoms. The summed E-state index contributed by atoms with van der Waals surface area (Å²) in [6, 6.07) is 0. The molecule has 2 saturated heterocycles. The van der Waals surface area contributed by atoms with Crippen molar-refractivity contribution in [3.63, 3.8) is 0 Å². The molecular formula is C44H74O16. The standard InChI is InChI=1S/C44H74O16/c1-21(18-45)10-9-13-44(8,55)23-11-15-42(6)30(23)24(48)16-28-41(5)14-12-29(49)40(3,4)37(41)25(17-43(28,42)7)57-39-36(34(53)32(51)27(59-39)20-56-22(2)47)60-38-35(54)33(52)31(50)26(19-46)58-38/h10,23-39,45-46,48-55H,9,11-20H2,1-8H3/b21-10+/t23-,24+,25-,26+,27+,28+,29-,30-,31+,32+,33-,34-,35+,36+,37-,38-,39+,41+,42+,43+,44-/m0/s1. The van der Waals surface area contributed by atoms with Gasteiger partial charge in [-0.1, -0.05) is 46.3 Å². The molecule has 6 fully saturated rings. The third-order valence-corrected chi connectivity index (χ3v) is 17.0. The fourth-order valence-corrected chi connectivity index (χ4v) is 13.6. The lowest BCUT2D eigenvalue weighted by atomic mass is 9.34. The van der Waals surface area contributed by atoms with Crippen molar-refractivity contribution in [3.05, 3.63) is 11.6 Å². The van der Waals surface area contributed by atoms with Crippen LogP contribution in [0, 0.1) is 45.3 Å². The van der Waals surface area contributed by atoms with Crippen LogP contribution in [0.3, 0.4) is 0 Å². The molecule has 4 saturated carbocycles. The predicted molar refractivity (Wildman–Crippen MR) is 213 cm³/mol. The van der Waals surface area contributed by atoms with Crippen LogP contribution < -0.4 is 0 Å². The summed E-state index contributed by atoms with van der Waals surface area (Å²) in [7, 11) is 0. The van der Waals surface area contributed by atoms with Crippen molar-refractivity contribution in [2.75, 3.05) is 19.8 Å². The molecule has 346 valence electrons. The summed E-state index contributed by atoms with van der Waals surface area (Å²) in [5.41, 5.74) is -2.54. The molecule has 0 aromatic carbocycles. The fraction of sp³-hybridized carbons (Fsp3) is 0.932. The maximum Gasteiger partial charge on any atom is 0.302 e. The van der Waals surface area contributed by atoms with Crippen LogP contribution in [0.4, 0.5) is 0 Å². The molecule has 2 heterocycles. The minimum Gasteiger partial charge on any atom is -0.463 e. The van der Waals surface area contributed by atoms with Crippen LogP contribution in [0.1, 0.15) is 107 Å². The van der Waals surface area contributed by atoms with E-state index >= 15 is 0 Å². The zero-order chi connectivity index (χ0) is 44.5. The number of aliphatic hydroxyl groups excluding tert-OH is 9. The third kappa shape index (κ3) is 8.16. The third-order valence-electron chi connectivity index (χ3n) is 17.0. The van der Waals surface area contributed by atoms with Crippen molar-refractivity contribution in [1.29, 1.82) is 0 Å². The first-order chi connectivity index (χ1) is 27.9. The highest BCUT2D eigenvalue weighted by Gasteiger charge is 2.73. The Morgan fingerprint density at radius 1 is 0.817 bits per heavy atom. The largest absolute Gasteiger partial charge is 0.463 e. The molecule has 60 heavy (non-hydrogen) atoms. The summed E-state index contributed by atoms with van der Waals surface area (Å²) >= 11 is 0. The molecule has 4 aliphatic carbocycles. The number of allylic oxidation sites excluding steroid dienone is 1. The number of carbonyl (C=O) groups is 1. The minimum absolute atomic E-state index is 0.0331. The second-order valence-corrected chi connectivity index (χ2v) is 20.8. The number of hydrogen-bond donors (Lipinski definition) is 10. The van der Waals surface area contributed by atoms with Crippen LogP contribution >= 0.6 is 0 Å². The number of hydrogen-bond acceptors (Lipinski definition) is 16. The Kier molecular flexibility index (Phi) is 14.1. The van der Waals surface area contributed by atoms with Crippen LogP contribution in [0.25, 0.3) is 0 Å². The molecule has 10 N–H and O–H groups in total. The van der Waals surface area contributed by atoms with Crippen molar-refractivity contribution >= 4 is 5.97 Å². The molecule has 21 atom stereocenters. The van der Waals surface area contributed by atoms with Gasteiger partial charge in [-0.25, -0.2) is 0 Å². The van der Waals surface area contributed by atoms with Crippen LogP contribution in [0.15, 0.2) is 11.6 Å². The van der Waals surface area contributed by atoms with Gasteiger partial charge in [0.05, 0.1) is 37.1 Å². The average molecular weight is 859 g/mol. The average Bonchev–Trinajstić information content (AvgIpc) is 3.57. The van der Waals surface area contributed by atoms with E-state index in [1.807, 2.05) is 33.8 Å². The monoisotopic (exact) mass is 858 g/mol. The van der Waals surface area contributed by atoms with Gasteiger partial charge in [-0.2, -0.15) is 0 Å². The maximum absolute atomic E-state index is 12.3. The number of carbonyl (C=O) groups excluding carboxylic acids is 1. The van der Waals surface area contributed by atoms with E-state index in [4.69, 9.17) is 23.7 Å². The molecule has 16 heteroatoms. The van der Waals surface area contributed by atoms with Crippen LogP contribution in [0.2, 0.25) is 0 Å². The fourth-order valence-electron chi connectivity index (χ4n) is 13.6. The van der Waals surface area contributed by atoms with Crippen LogP contribution in [0.5, 0.6) is 0 Å². The molecule has 0 radical (unpaired) electrons. The van der Waals surface area contributed by atoms with E-state index in [2.05, 4.69) is 20.8 Å². The minimum atomic E-state index is -1.84. The Balaban J connectivity index is 1.39. The summed E-state index contributed by atoms with van der Waals surface area (Å²) in [4.78, 5) is 11.9. The van der Waals surface area contributed by atoms with Gasteiger partial charge in [0.1, 0.15) is 55.4 Å². The van der Waals surface area contributed by atoms with Crippen molar-refractivity contribution in [3.8, 4) is 0 Å². The molecule has 0 unspecified atom stereocenters. The lowest BCUT2D eigenvalue weighted by molar-refractivity contribution is -0.383. The quantitative estimate of drug-likeness (QED) is 0.0734. The second-order valence-electron chi connectivity index (χ2n) is 20.8. The number of rotatable bonds is 12. The SMILES string of the molecule is CC(=O)OC[C@H]1O[C@@H](O[C@H]2C[C@]3(C)[C@H](C[C@@H](O)[C@@H]4[C@@H]([C@@](C)(O)CC/C=C(\C)CO)CC[C@]43C)[C@@]3(C)CC[C@H](O)C(C)(C)[C@H]23)[C@H](O[C@@H]2O[C@H](CO)[C@@H](O)[C@H](O)[C@H]2O)[C@@H](O)[C@@H]1O. The topological polar surface area (TPSA) is 266 Å². The van der Waals surface area contributed by atoms with E-state index in [0.29, 0.717) is 44.9 Å². The zero-order valence-electron chi connectivity index (χ0n) is 36.6. The van der Waals surface area contributed by atoms with E-state index in [1.165, 1.54) is 6.92 Å². The normalized spacial score (nSPS) is 50.2. The molecule has 0 aromatic heterocycles. The lowest BCUT2D eigenvalue weighted by Gasteiger charge is -2.72. The predicted octanol–water partition coefficient (Wildman–Crippen LogP) is 0.663. The maximum atomic E-state index is 12.3. The Hall–Kier alpha value is -1.35. The van der Waals surface area contributed by atoms with E-state index in [-0.39, 0.29) is 30.3 Å². The van der Waals surface area contributed by atoms with E-state index in [1.54, 1.807) is 0 Å². The van der Waals surface area contributed by atoms with Crippen LogP contribution in [-0.4, -0.2) is 162 Å². The van der Waals surface area contributed by atoms with Crippen molar-refractivity contribution in [2.45, 2.75) is 192 Å². The molecule has 0 amide bonds. The molecule has 2 aliphatic heterocycles. The first-order valence-electron chi connectivity index (χ1n) is 22.0. The van der Waals surface area contributed by atoms with E-state index in [0.717, 1.165) is 12.0 Å². The zero-order valence-corrected chi connectivity index (χ0v) is 36.6. The summed E-state index contributed by atoms with van der Waals surface area (Å²) in [5, 5.41) is 111.